The predicted molar refractivity (Wildman–Crippen MR) is 114 cm³/mol. The summed E-state index contributed by atoms with van der Waals surface area (Å²) in [7, 11) is 0. The first-order chi connectivity index (χ1) is 14.6. The first-order valence-corrected chi connectivity index (χ1v) is 10.4. The van der Waals surface area contributed by atoms with Gasteiger partial charge in [0, 0.05) is 61.0 Å². The second kappa shape index (κ2) is 6.29. The maximum Gasteiger partial charge on any atom is 0.261 e. The molecule has 0 amide bonds. The SMILES string of the molecule is Cc1nc2ccnn2c(N2C[C@@H]3C[C@H](C2)c2ccc(-c4ncc[nH]4)c(=O)n2C3)c1C. The van der Waals surface area contributed by atoms with E-state index in [0.29, 0.717) is 23.2 Å². The zero-order valence-electron chi connectivity index (χ0n) is 17.0. The van der Waals surface area contributed by atoms with Crippen LogP contribution >= 0.6 is 0 Å². The quantitative estimate of drug-likeness (QED) is 0.558. The third-order valence-corrected chi connectivity index (χ3v) is 6.64. The fraction of sp³-hybridized carbons (Fsp3) is 0.364. The Labute approximate surface area is 173 Å². The second-order valence-corrected chi connectivity index (χ2v) is 8.48. The third kappa shape index (κ3) is 2.46. The number of hydrogen-bond acceptors (Lipinski definition) is 5. The Balaban J connectivity index is 1.42. The van der Waals surface area contributed by atoms with Gasteiger partial charge in [-0.05, 0) is 38.3 Å². The molecule has 0 spiro atoms. The van der Waals surface area contributed by atoms with Crippen molar-refractivity contribution in [2.45, 2.75) is 32.7 Å². The van der Waals surface area contributed by atoms with Crippen molar-refractivity contribution in [3.8, 4) is 11.4 Å². The molecule has 0 aromatic carbocycles. The maximum atomic E-state index is 13.2. The number of rotatable bonds is 2. The van der Waals surface area contributed by atoms with Crippen molar-refractivity contribution in [1.82, 2.24) is 29.1 Å². The van der Waals surface area contributed by atoms with Crippen molar-refractivity contribution in [2.75, 3.05) is 18.0 Å². The molecule has 4 aromatic rings. The molecule has 1 N–H and O–H groups in total. The zero-order chi connectivity index (χ0) is 20.4. The Morgan fingerprint density at radius 2 is 2.00 bits per heavy atom. The highest BCUT2D eigenvalue weighted by Gasteiger charge is 2.36. The van der Waals surface area contributed by atoms with Crippen molar-refractivity contribution in [2.24, 2.45) is 5.92 Å². The summed E-state index contributed by atoms with van der Waals surface area (Å²) in [6, 6.07) is 5.98. The molecule has 152 valence electrons. The highest BCUT2D eigenvalue weighted by molar-refractivity contribution is 5.57. The van der Waals surface area contributed by atoms with Crippen LogP contribution in [0.2, 0.25) is 0 Å². The molecule has 1 fully saturated rings. The summed E-state index contributed by atoms with van der Waals surface area (Å²) in [5.74, 6) is 2.49. The van der Waals surface area contributed by atoms with Crippen LogP contribution in [-0.4, -0.2) is 42.2 Å². The summed E-state index contributed by atoms with van der Waals surface area (Å²) in [5.41, 5.74) is 4.89. The normalized spacial score (nSPS) is 20.5. The monoisotopic (exact) mass is 401 g/mol. The van der Waals surface area contributed by atoms with Crippen LogP contribution in [0.1, 0.15) is 29.3 Å². The lowest BCUT2D eigenvalue weighted by atomic mass is 9.82. The number of pyridine rings is 1. The molecular formula is C22H23N7O. The van der Waals surface area contributed by atoms with E-state index in [2.05, 4.69) is 44.9 Å². The van der Waals surface area contributed by atoms with Crippen molar-refractivity contribution < 1.29 is 0 Å². The number of anilines is 1. The van der Waals surface area contributed by atoms with Crippen LogP contribution in [0.3, 0.4) is 0 Å². The molecule has 1 saturated heterocycles. The number of fused-ring (bicyclic) bond motifs is 5. The van der Waals surface area contributed by atoms with Crippen molar-refractivity contribution in [3.05, 3.63) is 64.1 Å². The Morgan fingerprint density at radius 1 is 1.10 bits per heavy atom. The number of aromatic nitrogens is 6. The predicted octanol–water partition coefficient (Wildman–Crippen LogP) is 2.52. The first-order valence-electron chi connectivity index (χ1n) is 10.4. The molecule has 2 aliphatic heterocycles. The van der Waals surface area contributed by atoms with E-state index in [0.717, 1.165) is 54.5 Å². The smallest absolute Gasteiger partial charge is 0.261 e. The van der Waals surface area contributed by atoms with Crippen LogP contribution < -0.4 is 10.5 Å². The van der Waals surface area contributed by atoms with E-state index in [-0.39, 0.29) is 5.56 Å². The van der Waals surface area contributed by atoms with E-state index in [1.807, 2.05) is 21.2 Å². The molecule has 2 bridgehead atoms. The number of aromatic amines is 1. The lowest BCUT2D eigenvalue weighted by Gasteiger charge is -2.44. The molecule has 2 aliphatic rings. The zero-order valence-corrected chi connectivity index (χ0v) is 17.0. The largest absolute Gasteiger partial charge is 0.355 e. The minimum absolute atomic E-state index is 0.0519. The van der Waals surface area contributed by atoms with Gasteiger partial charge in [-0.15, -0.1) is 0 Å². The minimum Gasteiger partial charge on any atom is -0.355 e. The van der Waals surface area contributed by atoms with E-state index >= 15 is 0 Å². The van der Waals surface area contributed by atoms with Crippen LogP contribution in [-0.2, 0) is 6.54 Å². The van der Waals surface area contributed by atoms with Gasteiger partial charge < -0.3 is 14.5 Å². The summed E-state index contributed by atoms with van der Waals surface area (Å²) in [6.07, 6.45) is 6.35. The summed E-state index contributed by atoms with van der Waals surface area (Å²) in [5, 5.41) is 4.54. The molecule has 6 rings (SSSR count). The number of nitrogens with one attached hydrogen (secondary N) is 1. The van der Waals surface area contributed by atoms with Gasteiger partial charge in [0.15, 0.2) is 5.65 Å². The maximum absolute atomic E-state index is 13.2. The average Bonchev–Trinajstić information content (AvgIpc) is 3.41. The number of piperidine rings is 1. The van der Waals surface area contributed by atoms with Crippen LogP contribution in [0.15, 0.2) is 41.6 Å². The van der Waals surface area contributed by atoms with Crippen LogP contribution in [0, 0.1) is 19.8 Å². The number of nitrogens with zero attached hydrogens (tertiary/aromatic N) is 6. The van der Waals surface area contributed by atoms with Gasteiger partial charge in [-0.3, -0.25) is 4.79 Å². The molecule has 4 aromatic heterocycles. The Kier molecular flexibility index (Phi) is 3.65. The molecule has 0 radical (unpaired) electrons. The molecule has 0 aliphatic carbocycles. The summed E-state index contributed by atoms with van der Waals surface area (Å²) < 4.78 is 3.93. The third-order valence-electron chi connectivity index (χ3n) is 6.64. The number of aryl methyl sites for hydroxylation is 1. The van der Waals surface area contributed by atoms with Crippen molar-refractivity contribution in [3.63, 3.8) is 0 Å². The molecule has 8 heteroatoms. The van der Waals surface area contributed by atoms with Gasteiger partial charge >= 0.3 is 0 Å². The second-order valence-electron chi connectivity index (χ2n) is 8.48. The molecule has 2 atom stereocenters. The lowest BCUT2D eigenvalue weighted by Crippen LogP contribution is -2.48. The van der Waals surface area contributed by atoms with E-state index < -0.39 is 0 Å². The van der Waals surface area contributed by atoms with Gasteiger partial charge in [-0.25, -0.2) is 9.97 Å². The van der Waals surface area contributed by atoms with E-state index in [4.69, 9.17) is 0 Å². The van der Waals surface area contributed by atoms with Gasteiger partial charge in [-0.1, -0.05) is 0 Å². The Bertz CT molecular complexity index is 1320. The van der Waals surface area contributed by atoms with E-state index in [1.165, 1.54) is 0 Å². The van der Waals surface area contributed by atoms with E-state index in [9.17, 15) is 4.79 Å². The summed E-state index contributed by atoms with van der Waals surface area (Å²) >= 11 is 0. The highest BCUT2D eigenvalue weighted by Crippen LogP contribution is 2.38. The fourth-order valence-electron chi connectivity index (χ4n) is 5.20. The molecule has 8 nitrogen and oxygen atoms in total. The molecule has 0 saturated carbocycles. The van der Waals surface area contributed by atoms with Crippen LogP contribution in [0.4, 0.5) is 5.82 Å². The van der Waals surface area contributed by atoms with Crippen LogP contribution in [0.25, 0.3) is 17.0 Å². The lowest BCUT2D eigenvalue weighted by molar-refractivity contribution is 0.280. The summed E-state index contributed by atoms with van der Waals surface area (Å²) in [6.45, 7) is 6.70. The highest BCUT2D eigenvalue weighted by atomic mass is 16.1. The number of imidazole rings is 1. The van der Waals surface area contributed by atoms with Crippen molar-refractivity contribution >= 4 is 11.5 Å². The fourth-order valence-corrected chi connectivity index (χ4v) is 5.20. The Hall–Kier alpha value is -3.42. The van der Waals surface area contributed by atoms with Gasteiger partial charge in [-0.2, -0.15) is 9.61 Å². The van der Waals surface area contributed by atoms with Gasteiger partial charge in [0.2, 0.25) is 0 Å². The molecular weight excluding hydrogens is 378 g/mol. The van der Waals surface area contributed by atoms with Gasteiger partial charge in [0.05, 0.1) is 11.8 Å². The van der Waals surface area contributed by atoms with Crippen molar-refractivity contribution in [1.29, 1.82) is 0 Å². The molecule has 6 heterocycles. The van der Waals surface area contributed by atoms with E-state index in [1.54, 1.807) is 18.6 Å². The average molecular weight is 401 g/mol. The first kappa shape index (κ1) is 17.4. The Morgan fingerprint density at radius 3 is 2.83 bits per heavy atom. The minimum atomic E-state index is 0.0519. The number of hydrogen-bond donors (Lipinski definition) is 1. The summed E-state index contributed by atoms with van der Waals surface area (Å²) in [4.78, 5) is 27.6. The van der Waals surface area contributed by atoms with Gasteiger partial charge in [0.25, 0.3) is 5.56 Å². The topological polar surface area (TPSA) is 84.1 Å². The standard InChI is InChI=1S/C22H23N7O/c1-13-14(2)26-19-5-6-25-29(19)21(13)27-10-15-9-16(12-27)18-4-3-17(20-23-7-8-24-20)22(30)28(18)11-15/h3-8,15-16H,9-12H2,1-2H3,(H,23,24)/t15-,16+/m0/s1. The van der Waals surface area contributed by atoms with Crippen LogP contribution in [0.5, 0.6) is 0 Å². The molecule has 0 unspecified atom stereocenters. The molecule has 30 heavy (non-hydrogen) atoms. The number of H-pyrrole nitrogens is 1. The van der Waals surface area contributed by atoms with Gasteiger partial charge in [0.1, 0.15) is 11.6 Å².